The van der Waals surface area contributed by atoms with E-state index in [0.29, 0.717) is 12.0 Å². The highest BCUT2D eigenvalue weighted by Crippen LogP contribution is 2.56. The van der Waals surface area contributed by atoms with Gasteiger partial charge in [0.15, 0.2) is 0 Å². The van der Waals surface area contributed by atoms with Crippen LogP contribution < -0.4 is 5.32 Å². The molecular formula is C16H18FNO2. The van der Waals surface area contributed by atoms with E-state index in [9.17, 15) is 14.0 Å². The van der Waals surface area contributed by atoms with Crippen LogP contribution in [0, 0.1) is 17.2 Å². The van der Waals surface area contributed by atoms with E-state index < -0.39 is 11.3 Å². The zero-order chi connectivity index (χ0) is 14.3. The van der Waals surface area contributed by atoms with Crippen LogP contribution in [0.4, 0.5) is 4.39 Å². The van der Waals surface area contributed by atoms with E-state index in [0.717, 1.165) is 19.3 Å². The van der Waals surface area contributed by atoms with Gasteiger partial charge in [0.25, 0.3) is 0 Å². The van der Waals surface area contributed by atoms with Gasteiger partial charge in [-0.05, 0) is 23.8 Å². The van der Waals surface area contributed by atoms with Crippen molar-refractivity contribution < 1.29 is 14.0 Å². The minimum absolute atomic E-state index is 0.226. The minimum atomic E-state index is -0.557. The predicted octanol–water partition coefficient (Wildman–Crippen LogP) is 2.76. The molecule has 0 bridgehead atoms. The van der Waals surface area contributed by atoms with Crippen LogP contribution in [0.25, 0.3) is 0 Å². The van der Waals surface area contributed by atoms with E-state index in [1.165, 1.54) is 6.07 Å². The summed E-state index contributed by atoms with van der Waals surface area (Å²) >= 11 is 0. The molecule has 1 aromatic rings. The van der Waals surface area contributed by atoms with E-state index in [-0.39, 0.29) is 23.5 Å². The maximum absolute atomic E-state index is 14.1. The van der Waals surface area contributed by atoms with Gasteiger partial charge in [-0.2, -0.15) is 0 Å². The van der Waals surface area contributed by atoms with Crippen molar-refractivity contribution >= 4 is 11.8 Å². The Morgan fingerprint density at radius 1 is 1.30 bits per heavy atom. The largest absolute Gasteiger partial charge is 0.296 e. The minimum Gasteiger partial charge on any atom is -0.296 e. The molecule has 3 atom stereocenters. The van der Waals surface area contributed by atoms with Gasteiger partial charge in [-0.15, -0.1) is 0 Å². The Morgan fingerprint density at radius 3 is 2.70 bits per heavy atom. The molecule has 1 N–H and O–H groups in total. The summed E-state index contributed by atoms with van der Waals surface area (Å²) in [5.74, 6) is -1.24. The van der Waals surface area contributed by atoms with E-state index in [1.54, 1.807) is 18.2 Å². The molecule has 20 heavy (non-hydrogen) atoms. The second kappa shape index (κ2) is 4.69. The first-order valence-electron chi connectivity index (χ1n) is 7.13. The van der Waals surface area contributed by atoms with Crippen molar-refractivity contribution in [3.05, 3.63) is 35.6 Å². The van der Waals surface area contributed by atoms with Crippen molar-refractivity contribution in [3.63, 3.8) is 0 Å². The average Bonchev–Trinajstić information content (AvgIpc) is 2.72. The summed E-state index contributed by atoms with van der Waals surface area (Å²) < 4.78 is 14.1. The third-order valence-electron chi connectivity index (χ3n) is 5.07. The van der Waals surface area contributed by atoms with Gasteiger partial charge in [-0.1, -0.05) is 38.0 Å². The van der Waals surface area contributed by atoms with E-state index in [1.807, 2.05) is 0 Å². The Kier molecular flexibility index (Phi) is 3.11. The van der Waals surface area contributed by atoms with Crippen LogP contribution in [0.3, 0.4) is 0 Å². The molecule has 4 heteroatoms. The standard InChI is InChI=1S/C16H18FNO2/c1-10-5-4-8-16(10)9-13(19)18-15(20)14(16)11-6-2-3-7-12(11)17/h2-3,6-7,10,14H,4-5,8-9H2,1H3,(H,18,19,20). The second-order valence-corrected chi connectivity index (χ2v) is 6.07. The first kappa shape index (κ1) is 13.3. The molecule has 3 rings (SSSR count). The molecule has 2 aliphatic rings. The van der Waals surface area contributed by atoms with E-state index in [2.05, 4.69) is 12.2 Å². The highest BCUT2D eigenvalue weighted by atomic mass is 19.1. The molecule has 1 saturated heterocycles. The van der Waals surface area contributed by atoms with Crippen LogP contribution in [-0.2, 0) is 9.59 Å². The monoisotopic (exact) mass is 275 g/mol. The summed E-state index contributed by atoms with van der Waals surface area (Å²) in [7, 11) is 0. The molecule has 1 aromatic carbocycles. The Morgan fingerprint density at radius 2 is 2.05 bits per heavy atom. The lowest BCUT2D eigenvalue weighted by Crippen LogP contribution is -2.52. The Labute approximate surface area is 117 Å². The van der Waals surface area contributed by atoms with Crippen molar-refractivity contribution in [2.45, 2.75) is 38.5 Å². The number of benzene rings is 1. The molecule has 3 unspecified atom stereocenters. The van der Waals surface area contributed by atoms with Crippen LogP contribution in [0.1, 0.15) is 44.1 Å². The van der Waals surface area contributed by atoms with Crippen molar-refractivity contribution in [3.8, 4) is 0 Å². The molecule has 0 aromatic heterocycles. The number of piperidine rings is 1. The third-order valence-corrected chi connectivity index (χ3v) is 5.07. The van der Waals surface area contributed by atoms with Gasteiger partial charge < -0.3 is 0 Å². The first-order valence-corrected chi connectivity index (χ1v) is 7.13. The van der Waals surface area contributed by atoms with Gasteiger partial charge in [0.2, 0.25) is 11.8 Å². The maximum Gasteiger partial charge on any atom is 0.234 e. The van der Waals surface area contributed by atoms with Gasteiger partial charge in [-0.3, -0.25) is 14.9 Å². The highest BCUT2D eigenvalue weighted by molar-refractivity contribution is 6.02. The fourth-order valence-electron chi connectivity index (χ4n) is 4.04. The van der Waals surface area contributed by atoms with Crippen molar-refractivity contribution in [1.82, 2.24) is 5.32 Å². The lowest BCUT2D eigenvalue weighted by Gasteiger charge is -2.43. The molecule has 2 amide bonds. The highest BCUT2D eigenvalue weighted by Gasteiger charge is 2.54. The number of imide groups is 1. The molecule has 1 saturated carbocycles. The van der Waals surface area contributed by atoms with Crippen LogP contribution in [0.5, 0.6) is 0 Å². The molecule has 0 radical (unpaired) electrons. The number of hydrogen-bond acceptors (Lipinski definition) is 2. The number of halogens is 1. The fourth-order valence-corrected chi connectivity index (χ4v) is 4.04. The third kappa shape index (κ3) is 1.86. The van der Waals surface area contributed by atoms with Gasteiger partial charge in [0, 0.05) is 12.0 Å². The van der Waals surface area contributed by atoms with Crippen molar-refractivity contribution in [2.75, 3.05) is 0 Å². The van der Waals surface area contributed by atoms with Crippen LogP contribution in [0.2, 0.25) is 0 Å². The number of hydrogen-bond donors (Lipinski definition) is 1. The second-order valence-electron chi connectivity index (χ2n) is 6.07. The summed E-state index contributed by atoms with van der Waals surface area (Å²) in [5, 5.41) is 2.38. The summed E-state index contributed by atoms with van der Waals surface area (Å²) in [5.41, 5.74) is 0.00738. The number of rotatable bonds is 1. The van der Waals surface area contributed by atoms with E-state index >= 15 is 0 Å². The number of nitrogens with one attached hydrogen (secondary N) is 1. The molecular weight excluding hydrogens is 257 g/mol. The Bertz CT molecular complexity index is 571. The Hall–Kier alpha value is -1.71. The molecule has 2 fully saturated rings. The topological polar surface area (TPSA) is 46.2 Å². The molecule has 1 aliphatic carbocycles. The van der Waals surface area contributed by atoms with Crippen molar-refractivity contribution in [1.29, 1.82) is 0 Å². The van der Waals surface area contributed by atoms with Gasteiger partial charge >= 0.3 is 0 Å². The van der Waals surface area contributed by atoms with Crippen LogP contribution >= 0.6 is 0 Å². The normalized spacial score (nSPS) is 33.5. The van der Waals surface area contributed by atoms with Crippen molar-refractivity contribution in [2.24, 2.45) is 11.3 Å². The van der Waals surface area contributed by atoms with Crippen LogP contribution in [0.15, 0.2) is 24.3 Å². The molecule has 3 nitrogen and oxygen atoms in total. The zero-order valence-corrected chi connectivity index (χ0v) is 11.5. The summed E-state index contributed by atoms with van der Waals surface area (Å²) in [6.45, 7) is 2.08. The SMILES string of the molecule is CC1CCCC12CC(=O)NC(=O)C2c1ccccc1F. The first-order chi connectivity index (χ1) is 9.54. The van der Waals surface area contributed by atoms with E-state index in [4.69, 9.17) is 0 Å². The maximum atomic E-state index is 14.1. The summed E-state index contributed by atoms with van der Waals surface area (Å²) in [4.78, 5) is 24.2. The van der Waals surface area contributed by atoms with Gasteiger partial charge in [0.05, 0.1) is 5.92 Å². The molecule has 106 valence electrons. The lowest BCUT2D eigenvalue weighted by molar-refractivity contribution is -0.141. The van der Waals surface area contributed by atoms with Gasteiger partial charge in [0.1, 0.15) is 5.82 Å². The molecule has 1 aliphatic heterocycles. The molecule has 1 spiro atoms. The fraction of sp³-hybridized carbons (Fsp3) is 0.500. The van der Waals surface area contributed by atoms with Gasteiger partial charge in [-0.25, -0.2) is 4.39 Å². The lowest BCUT2D eigenvalue weighted by atomic mass is 9.62. The molecule has 1 heterocycles. The summed E-state index contributed by atoms with van der Waals surface area (Å²) in [6, 6.07) is 6.42. The number of amides is 2. The Balaban J connectivity index is 2.12. The quantitative estimate of drug-likeness (QED) is 0.801. The average molecular weight is 275 g/mol. The summed E-state index contributed by atoms with van der Waals surface area (Å²) in [6.07, 6.45) is 3.11. The zero-order valence-electron chi connectivity index (χ0n) is 11.5. The van der Waals surface area contributed by atoms with Crippen LogP contribution in [-0.4, -0.2) is 11.8 Å². The number of carbonyl (C=O) groups excluding carboxylic acids is 2. The smallest absolute Gasteiger partial charge is 0.234 e. The number of carbonyl (C=O) groups is 2. The predicted molar refractivity (Wildman–Crippen MR) is 72.4 cm³/mol.